The van der Waals surface area contributed by atoms with Crippen molar-refractivity contribution >= 4 is 22.6 Å². The highest BCUT2D eigenvalue weighted by Crippen LogP contribution is 2.33. The number of nitrogens with one attached hydrogen (secondary N) is 1. The molecule has 114 valence electrons. The molecule has 2 aliphatic rings. The van der Waals surface area contributed by atoms with E-state index in [2.05, 4.69) is 22.6 Å². The fraction of sp³-hybridized carbons (Fsp3) is 0.412. The first-order chi connectivity index (χ1) is 10.7. The van der Waals surface area contributed by atoms with Gasteiger partial charge in [0.25, 0.3) is 0 Å². The molecular formula is C17H20N4O. The van der Waals surface area contributed by atoms with Gasteiger partial charge in [-0.15, -0.1) is 0 Å². The van der Waals surface area contributed by atoms with Crippen LogP contribution < -0.4 is 5.32 Å². The summed E-state index contributed by atoms with van der Waals surface area (Å²) in [6.07, 6.45) is 8.53. The monoisotopic (exact) mass is 296 g/mol. The molecule has 1 fully saturated rings. The Morgan fingerprint density at radius 2 is 1.95 bits per heavy atom. The Morgan fingerprint density at radius 3 is 2.68 bits per heavy atom. The first-order valence-corrected chi connectivity index (χ1v) is 7.83. The quantitative estimate of drug-likeness (QED) is 0.822. The molecule has 1 aromatic heterocycles. The van der Waals surface area contributed by atoms with E-state index >= 15 is 0 Å². The van der Waals surface area contributed by atoms with Gasteiger partial charge < -0.3 is 10.2 Å². The minimum atomic E-state index is 0.0117. The molecule has 2 atom stereocenters. The van der Waals surface area contributed by atoms with E-state index in [1.807, 2.05) is 41.0 Å². The summed E-state index contributed by atoms with van der Waals surface area (Å²) in [4.78, 5) is 14.4. The lowest BCUT2D eigenvalue weighted by Gasteiger charge is -2.17. The molecule has 1 saturated heterocycles. The Bertz CT molecular complexity index is 732. The molecule has 1 aliphatic carbocycles. The highest BCUT2D eigenvalue weighted by atomic mass is 16.2. The highest BCUT2D eigenvalue weighted by Gasteiger charge is 2.35. The molecular weight excluding hydrogens is 276 g/mol. The predicted octanol–water partition coefficient (Wildman–Crippen LogP) is 3.00. The average molecular weight is 296 g/mol. The minimum Gasteiger partial charge on any atom is -0.324 e. The van der Waals surface area contributed by atoms with Crippen LogP contribution in [-0.2, 0) is 7.05 Å². The number of fused-ring (bicyclic) bond motifs is 2. The maximum atomic E-state index is 12.5. The van der Waals surface area contributed by atoms with Crippen molar-refractivity contribution in [2.24, 2.45) is 18.9 Å². The van der Waals surface area contributed by atoms with Gasteiger partial charge in [-0.05, 0) is 42.9 Å². The zero-order valence-electron chi connectivity index (χ0n) is 12.7. The third-order valence-electron chi connectivity index (χ3n) is 4.91. The molecule has 0 saturated carbocycles. The van der Waals surface area contributed by atoms with Gasteiger partial charge >= 0.3 is 6.03 Å². The lowest BCUT2D eigenvalue weighted by Crippen LogP contribution is -2.33. The molecule has 1 aromatic carbocycles. The number of urea groups is 1. The normalized spacial score (nSPS) is 23.8. The number of benzene rings is 1. The predicted molar refractivity (Wildman–Crippen MR) is 86.7 cm³/mol. The molecule has 5 heteroatoms. The summed E-state index contributed by atoms with van der Waals surface area (Å²) in [5.41, 5.74) is 1.90. The number of carbonyl (C=O) groups is 1. The summed E-state index contributed by atoms with van der Waals surface area (Å²) in [6, 6.07) is 5.92. The lowest BCUT2D eigenvalue weighted by atomic mass is 9.86. The van der Waals surface area contributed by atoms with Crippen LogP contribution in [0.25, 0.3) is 10.9 Å². The smallest absolute Gasteiger partial charge is 0.321 e. The molecule has 1 N–H and O–H groups in total. The summed E-state index contributed by atoms with van der Waals surface area (Å²) < 4.78 is 1.83. The molecule has 5 nitrogen and oxygen atoms in total. The molecule has 1 aliphatic heterocycles. The SMILES string of the molecule is Cn1ncc2cc(NC(=O)N3C[C@H]4CC=CC[C@H]4C3)ccc21. The van der Waals surface area contributed by atoms with Crippen LogP contribution in [0.1, 0.15) is 12.8 Å². The molecule has 4 rings (SSSR count). The van der Waals surface area contributed by atoms with Crippen molar-refractivity contribution in [1.29, 1.82) is 0 Å². The fourth-order valence-corrected chi connectivity index (χ4v) is 3.62. The van der Waals surface area contributed by atoms with Crippen LogP contribution in [0, 0.1) is 11.8 Å². The number of hydrogen-bond donors (Lipinski definition) is 1. The number of nitrogens with zero attached hydrogens (tertiary/aromatic N) is 3. The number of likely N-dealkylation sites (tertiary alicyclic amines) is 1. The largest absolute Gasteiger partial charge is 0.324 e. The van der Waals surface area contributed by atoms with E-state index in [-0.39, 0.29) is 6.03 Å². The molecule has 2 heterocycles. The van der Waals surface area contributed by atoms with Crippen LogP contribution >= 0.6 is 0 Å². The van der Waals surface area contributed by atoms with Gasteiger partial charge in [-0.2, -0.15) is 5.10 Å². The second-order valence-electron chi connectivity index (χ2n) is 6.34. The summed E-state index contributed by atoms with van der Waals surface area (Å²) in [7, 11) is 1.92. The molecule has 0 spiro atoms. The maximum absolute atomic E-state index is 12.5. The number of carbonyl (C=O) groups excluding carboxylic acids is 1. The van der Waals surface area contributed by atoms with Crippen LogP contribution in [0.3, 0.4) is 0 Å². The zero-order valence-corrected chi connectivity index (χ0v) is 12.7. The molecule has 2 aromatic rings. The summed E-state index contributed by atoms with van der Waals surface area (Å²) in [5.74, 6) is 1.27. The van der Waals surface area contributed by atoms with Crippen molar-refractivity contribution in [2.75, 3.05) is 18.4 Å². The van der Waals surface area contributed by atoms with E-state index in [0.717, 1.165) is 42.5 Å². The average Bonchev–Trinajstić information content (AvgIpc) is 3.11. The first kappa shape index (κ1) is 13.4. The topological polar surface area (TPSA) is 50.2 Å². The van der Waals surface area contributed by atoms with E-state index in [4.69, 9.17) is 0 Å². The van der Waals surface area contributed by atoms with Gasteiger partial charge in [0.05, 0.1) is 11.7 Å². The van der Waals surface area contributed by atoms with Crippen LogP contribution in [0.15, 0.2) is 36.5 Å². The van der Waals surface area contributed by atoms with Crippen molar-refractivity contribution in [2.45, 2.75) is 12.8 Å². The second-order valence-corrected chi connectivity index (χ2v) is 6.34. The van der Waals surface area contributed by atoms with Crippen molar-refractivity contribution in [3.63, 3.8) is 0 Å². The Labute approximate surface area is 129 Å². The zero-order chi connectivity index (χ0) is 15.1. The van der Waals surface area contributed by atoms with Crippen LogP contribution in [-0.4, -0.2) is 33.8 Å². The summed E-state index contributed by atoms with van der Waals surface area (Å²) in [6.45, 7) is 1.74. The molecule has 0 bridgehead atoms. The number of aryl methyl sites for hydroxylation is 1. The van der Waals surface area contributed by atoms with Crippen LogP contribution in [0.2, 0.25) is 0 Å². The van der Waals surface area contributed by atoms with E-state index in [9.17, 15) is 4.79 Å². The standard InChI is InChI=1S/C17H20N4O/c1-20-16-7-6-15(8-14(16)9-18-20)19-17(22)21-10-12-4-2-3-5-13(12)11-21/h2-3,6-9,12-13H,4-5,10-11H2,1H3,(H,19,22)/t12-,13+. The van der Waals surface area contributed by atoms with Gasteiger partial charge in [-0.25, -0.2) is 4.79 Å². The number of anilines is 1. The van der Waals surface area contributed by atoms with Crippen molar-refractivity contribution in [1.82, 2.24) is 14.7 Å². The number of amides is 2. The van der Waals surface area contributed by atoms with Gasteiger partial charge in [0, 0.05) is 31.2 Å². The summed E-state index contributed by atoms with van der Waals surface area (Å²) >= 11 is 0. The van der Waals surface area contributed by atoms with E-state index < -0.39 is 0 Å². The van der Waals surface area contributed by atoms with Crippen molar-refractivity contribution in [3.8, 4) is 0 Å². The minimum absolute atomic E-state index is 0.0117. The number of allylic oxidation sites excluding steroid dienone is 2. The third kappa shape index (κ3) is 2.26. The van der Waals surface area contributed by atoms with Crippen molar-refractivity contribution < 1.29 is 4.79 Å². The van der Waals surface area contributed by atoms with Gasteiger partial charge in [0.1, 0.15) is 0 Å². The summed E-state index contributed by atoms with van der Waals surface area (Å²) in [5, 5.41) is 8.29. The van der Waals surface area contributed by atoms with Crippen molar-refractivity contribution in [3.05, 3.63) is 36.5 Å². The van der Waals surface area contributed by atoms with E-state index in [0.29, 0.717) is 11.8 Å². The Morgan fingerprint density at radius 1 is 1.23 bits per heavy atom. The van der Waals surface area contributed by atoms with Gasteiger partial charge in [-0.1, -0.05) is 12.2 Å². The van der Waals surface area contributed by atoms with E-state index in [1.54, 1.807) is 0 Å². The van der Waals surface area contributed by atoms with Gasteiger partial charge in [0.2, 0.25) is 0 Å². The molecule has 0 radical (unpaired) electrons. The highest BCUT2D eigenvalue weighted by molar-refractivity contribution is 5.92. The van der Waals surface area contributed by atoms with E-state index in [1.165, 1.54) is 0 Å². The third-order valence-corrected chi connectivity index (χ3v) is 4.91. The lowest BCUT2D eigenvalue weighted by molar-refractivity contribution is 0.220. The first-order valence-electron chi connectivity index (χ1n) is 7.83. The number of aromatic nitrogens is 2. The maximum Gasteiger partial charge on any atom is 0.321 e. The number of rotatable bonds is 1. The van der Waals surface area contributed by atoms with Gasteiger partial charge in [-0.3, -0.25) is 4.68 Å². The molecule has 22 heavy (non-hydrogen) atoms. The second kappa shape index (κ2) is 5.16. The van der Waals surface area contributed by atoms with Gasteiger partial charge in [0.15, 0.2) is 0 Å². The van der Waals surface area contributed by atoms with Crippen LogP contribution in [0.5, 0.6) is 0 Å². The Kier molecular flexibility index (Phi) is 3.13. The van der Waals surface area contributed by atoms with Crippen LogP contribution in [0.4, 0.5) is 10.5 Å². The number of hydrogen-bond acceptors (Lipinski definition) is 2. The Balaban J connectivity index is 1.47. The molecule has 2 amide bonds. The fourth-order valence-electron chi connectivity index (χ4n) is 3.62. The Hall–Kier alpha value is -2.30. The molecule has 0 unspecified atom stereocenters.